The van der Waals surface area contributed by atoms with E-state index in [1.54, 1.807) is 60.7 Å². The Morgan fingerprint density at radius 1 is 0.750 bits per heavy atom. The van der Waals surface area contributed by atoms with Crippen LogP contribution in [-0.4, -0.2) is 21.3 Å². The maximum Gasteiger partial charge on any atom is 0.323 e. The molecular formula is C28H23N5O3. The molecule has 178 valence electrons. The van der Waals surface area contributed by atoms with Crippen LogP contribution in [0.25, 0.3) is 5.65 Å². The maximum absolute atomic E-state index is 12.8. The lowest BCUT2D eigenvalue weighted by Gasteiger charge is -2.10. The summed E-state index contributed by atoms with van der Waals surface area (Å²) in [4.78, 5) is 29.4. The monoisotopic (exact) mass is 477 g/mol. The van der Waals surface area contributed by atoms with E-state index in [1.165, 1.54) is 0 Å². The van der Waals surface area contributed by atoms with E-state index in [9.17, 15) is 9.59 Å². The van der Waals surface area contributed by atoms with Gasteiger partial charge >= 0.3 is 6.03 Å². The highest BCUT2D eigenvalue weighted by atomic mass is 16.5. The fraction of sp³-hybridized carbons (Fsp3) is 0.0357. The number of imidazole rings is 1. The van der Waals surface area contributed by atoms with Gasteiger partial charge in [-0.2, -0.15) is 0 Å². The van der Waals surface area contributed by atoms with Gasteiger partial charge in [0, 0.05) is 35.0 Å². The molecule has 2 heterocycles. The van der Waals surface area contributed by atoms with Gasteiger partial charge in [-0.3, -0.25) is 4.79 Å². The molecule has 3 N–H and O–H groups in total. The standard InChI is InChI=1S/C28H23N5O3/c34-27(30-22-12-14-23(15-13-22)32-28(35)31-21-8-2-1-3-9-21)20-7-6-10-25(17-20)36-19-24-18-33-16-5-4-11-26(33)29-24/h1-18H,19H2,(H,30,34)(H2,31,32,35). The Balaban J connectivity index is 1.16. The van der Waals surface area contributed by atoms with Crippen molar-refractivity contribution in [1.29, 1.82) is 0 Å². The van der Waals surface area contributed by atoms with Crippen molar-refractivity contribution < 1.29 is 14.3 Å². The molecule has 0 saturated heterocycles. The number of pyridine rings is 1. The third kappa shape index (κ3) is 5.68. The van der Waals surface area contributed by atoms with Crippen LogP contribution in [0.1, 0.15) is 16.1 Å². The van der Waals surface area contributed by atoms with Crippen molar-refractivity contribution in [2.45, 2.75) is 6.61 Å². The molecule has 0 aliphatic carbocycles. The second kappa shape index (κ2) is 10.4. The van der Waals surface area contributed by atoms with Crippen LogP contribution in [0.5, 0.6) is 5.75 Å². The molecule has 5 aromatic rings. The van der Waals surface area contributed by atoms with Crippen molar-refractivity contribution in [2.24, 2.45) is 0 Å². The van der Waals surface area contributed by atoms with Crippen LogP contribution in [0, 0.1) is 0 Å². The number of para-hydroxylation sites is 1. The van der Waals surface area contributed by atoms with E-state index in [-0.39, 0.29) is 11.9 Å². The van der Waals surface area contributed by atoms with Crippen molar-refractivity contribution in [3.8, 4) is 5.75 Å². The third-order valence-electron chi connectivity index (χ3n) is 5.33. The SMILES string of the molecule is O=C(Nc1ccccc1)Nc1ccc(NC(=O)c2cccc(OCc3cn4ccccc4n3)c2)cc1. The summed E-state index contributed by atoms with van der Waals surface area (Å²) >= 11 is 0. The molecule has 0 fully saturated rings. The molecule has 2 aromatic heterocycles. The van der Waals surface area contributed by atoms with Crippen molar-refractivity contribution in [1.82, 2.24) is 9.38 Å². The molecule has 0 aliphatic heterocycles. The Bertz CT molecular complexity index is 1460. The van der Waals surface area contributed by atoms with E-state index in [4.69, 9.17) is 4.74 Å². The van der Waals surface area contributed by atoms with Gasteiger partial charge in [-0.05, 0) is 66.7 Å². The van der Waals surface area contributed by atoms with Crippen LogP contribution in [0.15, 0.2) is 109 Å². The molecule has 8 heteroatoms. The number of hydrogen-bond acceptors (Lipinski definition) is 4. The zero-order chi connectivity index (χ0) is 24.7. The molecule has 0 spiro atoms. The van der Waals surface area contributed by atoms with Crippen LogP contribution in [-0.2, 0) is 6.61 Å². The molecule has 36 heavy (non-hydrogen) atoms. The Morgan fingerprint density at radius 2 is 1.44 bits per heavy atom. The maximum atomic E-state index is 12.8. The second-order valence-corrected chi connectivity index (χ2v) is 7.99. The molecule has 8 nitrogen and oxygen atoms in total. The first kappa shape index (κ1) is 22.7. The molecule has 0 saturated carbocycles. The summed E-state index contributed by atoms with van der Waals surface area (Å²) in [5.74, 6) is 0.305. The topological polar surface area (TPSA) is 96.8 Å². The van der Waals surface area contributed by atoms with Gasteiger partial charge in [0.1, 0.15) is 18.0 Å². The van der Waals surface area contributed by atoms with Crippen LogP contribution in [0.2, 0.25) is 0 Å². The largest absolute Gasteiger partial charge is 0.487 e. The number of rotatable bonds is 7. The van der Waals surface area contributed by atoms with Crippen molar-refractivity contribution >= 4 is 34.6 Å². The number of nitrogens with zero attached hydrogens (tertiary/aromatic N) is 2. The van der Waals surface area contributed by atoms with Gasteiger partial charge in [-0.25, -0.2) is 9.78 Å². The van der Waals surface area contributed by atoms with Crippen LogP contribution in [0.3, 0.4) is 0 Å². The molecule has 0 atom stereocenters. The Morgan fingerprint density at radius 3 is 2.19 bits per heavy atom. The van der Waals surface area contributed by atoms with E-state index >= 15 is 0 Å². The highest BCUT2D eigenvalue weighted by molar-refractivity contribution is 6.05. The number of amides is 3. The van der Waals surface area contributed by atoms with E-state index in [1.807, 2.05) is 53.2 Å². The molecule has 5 rings (SSSR count). The van der Waals surface area contributed by atoms with Gasteiger partial charge < -0.3 is 25.1 Å². The van der Waals surface area contributed by atoms with Gasteiger partial charge in [-0.15, -0.1) is 0 Å². The molecule has 0 radical (unpaired) electrons. The van der Waals surface area contributed by atoms with Crippen LogP contribution in [0.4, 0.5) is 21.9 Å². The predicted octanol–water partition coefficient (Wildman–Crippen LogP) is 5.81. The molecule has 0 bridgehead atoms. The molecule has 3 aromatic carbocycles. The van der Waals surface area contributed by atoms with Crippen molar-refractivity contribution in [2.75, 3.05) is 16.0 Å². The third-order valence-corrected chi connectivity index (χ3v) is 5.33. The molecule has 3 amide bonds. The van der Waals surface area contributed by atoms with Gasteiger partial charge in [0.2, 0.25) is 0 Å². The average Bonchev–Trinajstić information content (AvgIpc) is 3.32. The summed E-state index contributed by atoms with van der Waals surface area (Å²) in [7, 11) is 0. The van der Waals surface area contributed by atoms with E-state index in [2.05, 4.69) is 20.9 Å². The smallest absolute Gasteiger partial charge is 0.323 e. The number of anilines is 3. The first-order chi connectivity index (χ1) is 17.6. The van der Waals surface area contributed by atoms with Crippen molar-refractivity contribution in [3.05, 3.63) is 121 Å². The quantitative estimate of drug-likeness (QED) is 0.276. The Hall–Kier alpha value is -5.11. The summed E-state index contributed by atoms with van der Waals surface area (Å²) in [5.41, 5.74) is 4.01. The van der Waals surface area contributed by atoms with Gasteiger partial charge in [0.05, 0.1) is 5.69 Å². The lowest BCUT2D eigenvalue weighted by molar-refractivity contribution is 0.102. The fourth-order valence-corrected chi connectivity index (χ4v) is 3.60. The lowest BCUT2D eigenvalue weighted by atomic mass is 10.2. The molecule has 0 aliphatic rings. The molecule has 0 unspecified atom stereocenters. The number of hydrogen-bond donors (Lipinski definition) is 3. The van der Waals surface area contributed by atoms with E-state index in [0.29, 0.717) is 35.0 Å². The zero-order valence-electron chi connectivity index (χ0n) is 19.2. The van der Waals surface area contributed by atoms with Gasteiger partial charge in [0.25, 0.3) is 5.91 Å². The first-order valence-electron chi connectivity index (χ1n) is 11.3. The summed E-state index contributed by atoms with van der Waals surface area (Å²) in [6.45, 7) is 0.291. The minimum atomic E-state index is -0.349. The highest BCUT2D eigenvalue weighted by Gasteiger charge is 2.09. The number of nitrogens with one attached hydrogen (secondary N) is 3. The molecular weight excluding hydrogens is 454 g/mol. The summed E-state index contributed by atoms with van der Waals surface area (Å²) in [6, 6.07) is 28.5. The highest BCUT2D eigenvalue weighted by Crippen LogP contribution is 2.19. The fourth-order valence-electron chi connectivity index (χ4n) is 3.60. The number of benzene rings is 3. The minimum Gasteiger partial charge on any atom is -0.487 e. The minimum absolute atomic E-state index is 0.268. The van der Waals surface area contributed by atoms with Crippen molar-refractivity contribution in [3.63, 3.8) is 0 Å². The van der Waals surface area contributed by atoms with Crippen LogP contribution >= 0.6 is 0 Å². The number of fused-ring (bicyclic) bond motifs is 1. The summed E-state index contributed by atoms with van der Waals surface area (Å²) < 4.78 is 7.79. The second-order valence-electron chi connectivity index (χ2n) is 7.99. The van der Waals surface area contributed by atoms with Gasteiger partial charge in [-0.1, -0.05) is 30.3 Å². The predicted molar refractivity (Wildman–Crippen MR) is 139 cm³/mol. The number of carbonyl (C=O) groups is 2. The van der Waals surface area contributed by atoms with E-state index < -0.39 is 0 Å². The number of carbonyl (C=O) groups excluding carboxylic acids is 2. The summed E-state index contributed by atoms with van der Waals surface area (Å²) in [6.07, 6.45) is 3.84. The van der Waals surface area contributed by atoms with E-state index in [0.717, 1.165) is 11.3 Å². The normalized spacial score (nSPS) is 10.6. The lowest BCUT2D eigenvalue weighted by Crippen LogP contribution is -2.19. The zero-order valence-corrected chi connectivity index (χ0v) is 19.2. The number of aromatic nitrogens is 2. The number of ether oxygens (including phenoxy) is 1. The summed E-state index contributed by atoms with van der Waals surface area (Å²) in [5, 5.41) is 8.37. The Kier molecular flexibility index (Phi) is 6.57. The first-order valence-corrected chi connectivity index (χ1v) is 11.3. The van der Waals surface area contributed by atoms with Gasteiger partial charge in [0.15, 0.2) is 0 Å². The Labute approximate surface area is 207 Å². The number of urea groups is 1. The average molecular weight is 478 g/mol. The van der Waals surface area contributed by atoms with Crippen LogP contribution < -0.4 is 20.7 Å².